The molecule has 2 aromatic rings. The summed E-state index contributed by atoms with van der Waals surface area (Å²) in [7, 11) is 0. The molecule has 0 bridgehead atoms. The first-order valence-corrected chi connectivity index (χ1v) is 11.7. The van der Waals surface area contributed by atoms with Gasteiger partial charge in [-0.05, 0) is 47.2 Å². The van der Waals surface area contributed by atoms with Gasteiger partial charge in [0.15, 0.2) is 0 Å². The minimum absolute atomic E-state index is 0.147. The van der Waals surface area contributed by atoms with Crippen molar-refractivity contribution in [3.8, 4) is 11.5 Å². The molecular formula is C28H38O3. The van der Waals surface area contributed by atoms with Crippen molar-refractivity contribution in [2.75, 3.05) is 0 Å². The Bertz CT molecular complexity index is 817. The molecule has 3 heteroatoms. The van der Waals surface area contributed by atoms with Gasteiger partial charge in [-0.1, -0.05) is 79.7 Å². The minimum Gasteiger partial charge on any atom is -0.457 e. The smallest absolute Gasteiger partial charge is 0.127 e. The third-order valence-corrected chi connectivity index (χ3v) is 7.20. The zero-order valence-corrected chi connectivity index (χ0v) is 20.3. The maximum atomic E-state index is 6.20. The van der Waals surface area contributed by atoms with Crippen LogP contribution in [0.3, 0.4) is 0 Å². The van der Waals surface area contributed by atoms with Crippen LogP contribution in [-0.4, -0.2) is 12.2 Å². The lowest BCUT2D eigenvalue weighted by Gasteiger charge is -2.54. The van der Waals surface area contributed by atoms with Gasteiger partial charge in [0.1, 0.15) is 11.5 Å². The van der Waals surface area contributed by atoms with E-state index in [0.717, 1.165) is 11.5 Å². The van der Waals surface area contributed by atoms with Gasteiger partial charge in [0.2, 0.25) is 0 Å². The molecule has 0 aromatic heterocycles. The van der Waals surface area contributed by atoms with Crippen LogP contribution in [0, 0.1) is 22.7 Å². The van der Waals surface area contributed by atoms with Crippen LogP contribution in [0.5, 0.6) is 11.5 Å². The molecule has 31 heavy (non-hydrogen) atoms. The first-order valence-electron chi connectivity index (χ1n) is 11.7. The Morgan fingerprint density at radius 2 is 0.935 bits per heavy atom. The molecule has 4 rings (SSSR count). The number of ether oxygens (including phenoxy) is 3. The number of rotatable bonds is 6. The van der Waals surface area contributed by atoms with E-state index in [1.807, 2.05) is 24.3 Å². The third kappa shape index (κ3) is 3.91. The Morgan fingerprint density at radius 1 is 0.613 bits per heavy atom. The summed E-state index contributed by atoms with van der Waals surface area (Å²) in [6, 6.07) is 16.7. The van der Waals surface area contributed by atoms with Gasteiger partial charge in [0.05, 0.1) is 24.4 Å². The molecule has 0 radical (unpaired) electrons. The van der Waals surface area contributed by atoms with Crippen molar-refractivity contribution in [2.45, 2.75) is 79.8 Å². The lowest BCUT2D eigenvalue weighted by atomic mass is 9.69. The second kappa shape index (κ2) is 7.94. The van der Waals surface area contributed by atoms with E-state index in [0.29, 0.717) is 24.0 Å². The third-order valence-electron chi connectivity index (χ3n) is 7.20. The van der Waals surface area contributed by atoms with E-state index in [1.165, 1.54) is 11.1 Å². The summed E-state index contributed by atoms with van der Waals surface area (Å²) in [6.07, 6.45) is 0.919. The van der Waals surface area contributed by atoms with Crippen molar-refractivity contribution in [1.29, 1.82) is 0 Å². The van der Waals surface area contributed by atoms with Crippen LogP contribution in [0.2, 0.25) is 0 Å². The highest BCUT2D eigenvalue weighted by molar-refractivity contribution is 5.37. The quantitative estimate of drug-likeness (QED) is 0.477. The van der Waals surface area contributed by atoms with Crippen molar-refractivity contribution >= 4 is 0 Å². The average molecular weight is 423 g/mol. The van der Waals surface area contributed by atoms with E-state index in [4.69, 9.17) is 14.2 Å². The van der Waals surface area contributed by atoms with E-state index in [9.17, 15) is 0 Å². The van der Waals surface area contributed by atoms with E-state index >= 15 is 0 Å². The maximum Gasteiger partial charge on any atom is 0.127 e. The first-order chi connectivity index (χ1) is 14.5. The fraction of sp³-hybridized carbons (Fsp3) is 0.571. The summed E-state index contributed by atoms with van der Waals surface area (Å²) in [4.78, 5) is 0. The Morgan fingerprint density at radius 3 is 1.19 bits per heavy atom. The van der Waals surface area contributed by atoms with Gasteiger partial charge in [-0.25, -0.2) is 0 Å². The standard InChI is InChI=1S/C28H38O3/c1-17(2)23-27(5,6)25(30-23)19-9-13-21(14-10-19)29-22-15-11-20(12-16-22)26-28(7,8)24(31-26)18(3)4/h9-18,23-26H,1-8H3. The molecule has 4 atom stereocenters. The normalized spacial score (nSPS) is 28.8. The van der Waals surface area contributed by atoms with Gasteiger partial charge in [-0.3, -0.25) is 0 Å². The van der Waals surface area contributed by atoms with Gasteiger partial charge < -0.3 is 14.2 Å². The molecular weight excluding hydrogens is 384 g/mol. The second-order valence-corrected chi connectivity index (χ2v) is 11.2. The minimum atomic E-state index is 0.147. The number of hydrogen-bond acceptors (Lipinski definition) is 3. The van der Waals surface area contributed by atoms with Crippen LogP contribution in [0.25, 0.3) is 0 Å². The van der Waals surface area contributed by atoms with Crippen LogP contribution in [0.4, 0.5) is 0 Å². The van der Waals surface area contributed by atoms with Crippen molar-refractivity contribution in [1.82, 2.24) is 0 Å². The van der Waals surface area contributed by atoms with Crippen LogP contribution in [0.1, 0.15) is 78.7 Å². The molecule has 168 valence electrons. The Labute approximate surface area is 188 Å². The summed E-state index contributed by atoms with van der Waals surface area (Å²) in [5, 5.41) is 0. The Hall–Kier alpha value is -1.84. The van der Waals surface area contributed by atoms with Crippen molar-refractivity contribution in [3.05, 3.63) is 59.7 Å². The molecule has 3 nitrogen and oxygen atoms in total. The molecule has 0 aliphatic carbocycles. The summed E-state index contributed by atoms with van der Waals surface area (Å²) in [5.41, 5.74) is 2.73. The zero-order chi connectivity index (χ0) is 22.6. The van der Waals surface area contributed by atoms with Gasteiger partial charge >= 0.3 is 0 Å². The van der Waals surface area contributed by atoms with Crippen LogP contribution >= 0.6 is 0 Å². The fourth-order valence-corrected chi connectivity index (χ4v) is 5.75. The predicted octanol–water partition coefficient (Wildman–Crippen LogP) is 7.72. The highest BCUT2D eigenvalue weighted by Crippen LogP contribution is 2.54. The van der Waals surface area contributed by atoms with Crippen LogP contribution in [0.15, 0.2) is 48.5 Å². The molecule has 2 saturated heterocycles. The molecule has 2 aromatic carbocycles. The molecule has 2 heterocycles. The van der Waals surface area contributed by atoms with Gasteiger partial charge in [-0.2, -0.15) is 0 Å². The largest absolute Gasteiger partial charge is 0.457 e. The number of hydrogen-bond donors (Lipinski definition) is 0. The fourth-order valence-electron chi connectivity index (χ4n) is 5.75. The summed E-state index contributed by atoms with van der Waals surface area (Å²) in [6.45, 7) is 18.1. The van der Waals surface area contributed by atoms with Crippen LogP contribution < -0.4 is 4.74 Å². The Kier molecular flexibility index (Phi) is 5.72. The molecule has 4 unspecified atom stereocenters. The molecule has 0 saturated carbocycles. The number of benzene rings is 2. The average Bonchev–Trinajstić information content (AvgIpc) is 2.68. The van der Waals surface area contributed by atoms with E-state index in [1.54, 1.807) is 0 Å². The zero-order valence-electron chi connectivity index (χ0n) is 20.3. The van der Waals surface area contributed by atoms with E-state index in [-0.39, 0.29) is 23.0 Å². The SMILES string of the molecule is CC(C)C1OC(c2ccc(Oc3ccc(C4OC(C(C)C)C4(C)C)cc3)cc2)C1(C)C. The molecule has 2 fully saturated rings. The highest BCUT2D eigenvalue weighted by Gasteiger charge is 2.52. The first kappa shape index (κ1) is 22.4. The molecule has 0 N–H and O–H groups in total. The highest BCUT2D eigenvalue weighted by atomic mass is 16.5. The molecule has 2 aliphatic rings. The van der Waals surface area contributed by atoms with E-state index < -0.39 is 0 Å². The van der Waals surface area contributed by atoms with Crippen LogP contribution in [-0.2, 0) is 9.47 Å². The monoisotopic (exact) mass is 422 g/mol. The maximum absolute atomic E-state index is 6.20. The molecule has 2 aliphatic heterocycles. The van der Waals surface area contributed by atoms with Gasteiger partial charge in [-0.15, -0.1) is 0 Å². The van der Waals surface area contributed by atoms with E-state index in [2.05, 4.69) is 79.7 Å². The summed E-state index contributed by atoms with van der Waals surface area (Å²) < 4.78 is 18.5. The second-order valence-electron chi connectivity index (χ2n) is 11.2. The van der Waals surface area contributed by atoms with Gasteiger partial charge in [0.25, 0.3) is 0 Å². The van der Waals surface area contributed by atoms with Crippen molar-refractivity contribution in [3.63, 3.8) is 0 Å². The van der Waals surface area contributed by atoms with Gasteiger partial charge in [0, 0.05) is 10.8 Å². The lowest BCUT2D eigenvalue weighted by molar-refractivity contribution is -0.255. The molecule has 0 spiro atoms. The topological polar surface area (TPSA) is 27.7 Å². The Balaban J connectivity index is 1.38. The predicted molar refractivity (Wildman–Crippen MR) is 125 cm³/mol. The van der Waals surface area contributed by atoms with Crippen molar-refractivity contribution in [2.24, 2.45) is 22.7 Å². The lowest BCUT2D eigenvalue weighted by Crippen LogP contribution is -2.52. The molecule has 0 amide bonds. The van der Waals surface area contributed by atoms with Crippen molar-refractivity contribution < 1.29 is 14.2 Å². The summed E-state index contributed by atoms with van der Waals surface area (Å²) >= 11 is 0. The summed E-state index contributed by atoms with van der Waals surface area (Å²) in [5.74, 6) is 2.75.